The van der Waals surface area contributed by atoms with E-state index in [0.29, 0.717) is 5.56 Å². The van der Waals surface area contributed by atoms with E-state index in [-0.39, 0.29) is 22.3 Å². The van der Waals surface area contributed by atoms with Crippen LogP contribution in [0.25, 0.3) is 0 Å². The highest BCUT2D eigenvalue weighted by molar-refractivity contribution is 6.09. The molecule has 0 atom stereocenters. The molecule has 0 aliphatic heterocycles. The van der Waals surface area contributed by atoms with Crippen LogP contribution in [0.5, 0.6) is 0 Å². The largest absolute Gasteiger partial charge is 0.302 e. The van der Waals surface area contributed by atoms with Crippen molar-refractivity contribution in [2.45, 2.75) is 39.0 Å². The summed E-state index contributed by atoms with van der Waals surface area (Å²) in [6.45, 7) is 6.43. The number of H-pyrrole nitrogens is 1. The van der Waals surface area contributed by atoms with Gasteiger partial charge in [-0.15, -0.1) is 0 Å². The number of carbonyl (C=O) groups excluding carboxylic acids is 1. The van der Waals surface area contributed by atoms with Crippen LogP contribution in [0.4, 0.5) is 0 Å². The van der Waals surface area contributed by atoms with Crippen molar-refractivity contribution in [2.75, 3.05) is 0 Å². The van der Waals surface area contributed by atoms with Gasteiger partial charge in [-0.1, -0.05) is 26.0 Å². The van der Waals surface area contributed by atoms with E-state index in [1.54, 1.807) is 7.05 Å². The fourth-order valence-corrected chi connectivity index (χ4v) is 3.51. The van der Waals surface area contributed by atoms with E-state index in [1.165, 1.54) is 22.0 Å². The van der Waals surface area contributed by atoms with Crippen molar-refractivity contribution in [3.05, 3.63) is 56.5 Å². The Balaban J connectivity index is 2.15. The van der Waals surface area contributed by atoms with Crippen LogP contribution in [0.3, 0.4) is 0 Å². The molecular weight excluding hydrogens is 264 g/mol. The summed E-state index contributed by atoms with van der Waals surface area (Å²) in [6, 6.07) is 3.91. The predicted molar refractivity (Wildman–Crippen MR) is 82.0 cm³/mol. The standard InChI is InChI=1S/C17H20N2O2/c1-10-12(15(20)13-9-18-19(4)16(13)21)6-5-11-7-8-17(2,3)14(10)11/h5-6,9,18H,7-8H2,1-4H3. The number of fused-ring (bicyclic) bond motifs is 1. The second-order valence-corrected chi connectivity index (χ2v) is 6.54. The molecule has 0 unspecified atom stereocenters. The molecule has 1 aromatic carbocycles. The summed E-state index contributed by atoms with van der Waals surface area (Å²) in [4.78, 5) is 24.6. The van der Waals surface area contributed by atoms with Crippen molar-refractivity contribution in [1.29, 1.82) is 0 Å². The highest BCUT2D eigenvalue weighted by Gasteiger charge is 2.33. The highest BCUT2D eigenvalue weighted by Crippen LogP contribution is 2.41. The molecule has 0 bridgehead atoms. The van der Waals surface area contributed by atoms with E-state index in [4.69, 9.17) is 0 Å². The quantitative estimate of drug-likeness (QED) is 0.861. The molecule has 110 valence electrons. The molecule has 21 heavy (non-hydrogen) atoms. The van der Waals surface area contributed by atoms with Crippen LogP contribution in [0.2, 0.25) is 0 Å². The number of carbonyl (C=O) groups is 1. The van der Waals surface area contributed by atoms with Gasteiger partial charge in [0.1, 0.15) is 5.56 Å². The number of benzene rings is 1. The zero-order valence-corrected chi connectivity index (χ0v) is 12.9. The van der Waals surface area contributed by atoms with Gasteiger partial charge in [-0.2, -0.15) is 0 Å². The Labute approximate surface area is 123 Å². The third kappa shape index (κ3) is 1.97. The number of nitrogens with one attached hydrogen (secondary N) is 1. The topological polar surface area (TPSA) is 54.9 Å². The summed E-state index contributed by atoms with van der Waals surface area (Å²) >= 11 is 0. The van der Waals surface area contributed by atoms with Crippen molar-refractivity contribution >= 4 is 5.78 Å². The molecule has 0 saturated heterocycles. The SMILES string of the molecule is Cc1c(C(=O)c2c[nH]n(C)c2=O)ccc2c1C(C)(C)CC2. The van der Waals surface area contributed by atoms with E-state index in [2.05, 4.69) is 18.9 Å². The van der Waals surface area contributed by atoms with Gasteiger partial charge in [-0.25, -0.2) is 0 Å². The maximum Gasteiger partial charge on any atom is 0.277 e. The minimum Gasteiger partial charge on any atom is -0.302 e. The molecule has 1 N–H and O–H groups in total. The molecule has 2 aromatic rings. The fraction of sp³-hybridized carbons (Fsp3) is 0.412. The van der Waals surface area contributed by atoms with Crippen LogP contribution < -0.4 is 5.56 Å². The smallest absolute Gasteiger partial charge is 0.277 e. The zero-order chi connectivity index (χ0) is 15.4. The van der Waals surface area contributed by atoms with Gasteiger partial charge >= 0.3 is 0 Å². The van der Waals surface area contributed by atoms with Gasteiger partial charge in [-0.3, -0.25) is 14.3 Å². The van der Waals surface area contributed by atoms with Crippen molar-refractivity contribution in [3.8, 4) is 0 Å². The maximum absolute atomic E-state index is 12.7. The normalized spacial score (nSPS) is 16.0. The molecular formula is C17H20N2O2. The van der Waals surface area contributed by atoms with Crippen molar-refractivity contribution < 1.29 is 4.79 Å². The lowest BCUT2D eigenvalue weighted by molar-refractivity contribution is 0.103. The first-order valence-electron chi connectivity index (χ1n) is 7.25. The second kappa shape index (κ2) is 4.45. The van der Waals surface area contributed by atoms with Gasteiger partial charge in [0, 0.05) is 18.8 Å². The van der Waals surface area contributed by atoms with Crippen molar-refractivity contribution in [3.63, 3.8) is 0 Å². The maximum atomic E-state index is 12.7. The van der Waals surface area contributed by atoms with Gasteiger partial charge in [0.15, 0.2) is 5.78 Å². The van der Waals surface area contributed by atoms with Crippen LogP contribution in [0.1, 0.15) is 52.9 Å². The number of aryl methyl sites for hydroxylation is 2. The average molecular weight is 284 g/mol. The number of aromatic amines is 1. The van der Waals surface area contributed by atoms with E-state index in [9.17, 15) is 9.59 Å². The summed E-state index contributed by atoms with van der Waals surface area (Å²) in [6.07, 6.45) is 3.65. The lowest BCUT2D eigenvalue weighted by Gasteiger charge is -2.22. The van der Waals surface area contributed by atoms with Gasteiger partial charge in [0.05, 0.1) is 0 Å². The number of hydrogen-bond donors (Lipinski definition) is 1. The number of rotatable bonds is 2. The lowest BCUT2D eigenvalue weighted by Crippen LogP contribution is -2.21. The van der Waals surface area contributed by atoms with Crippen molar-refractivity contribution in [2.24, 2.45) is 7.05 Å². The molecule has 0 saturated carbocycles. The first kappa shape index (κ1) is 13.9. The van der Waals surface area contributed by atoms with E-state index in [1.807, 2.05) is 19.1 Å². The molecule has 0 spiro atoms. The molecule has 1 aromatic heterocycles. The molecule has 3 rings (SSSR count). The first-order chi connectivity index (χ1) is 9.83. The summed E-state index contributed by atoms with van der Waals surface area (Å²) in [5.41, 5.74) is 4.29. The van der Waals surface area contributed by atoms with Gasteiger partial charge in [-0.05, 0) is 41.9 Å². The molecule has 0 amide bonds. The number of aromatic nitrogens is 2. The molecule has 1 heterocycles. The monoisotopic (exact) mass is 284 g/mol. The molecule has 0 fully saturated rings. The molecule has 0 radical (unpaired) electrons. The van der Waals surface area contributed by atoms with Crippen LogP contribution in [0, 0.1) is 6.92 Å². The van der Waals surface area contributed by atoms with E-state index >= 15 is 0 Å². The second-order valence-electron chi connectivity index (χ2n) is 6.54. The van der Waals surface area contributed by atoms with Crippen LogP contribution >= 0.6 is 0 Å². The van der Waals surface area contributed by atoms with Crippen LogP contribution in [0.15, 0.2) is 23.1 Å². The van der Waals surface area contributed by atoms with Crippen LogP contribution in [-0.2, 0) is 18.9 Å². The van der Waals surface area contributed by atoms with Gasteiger partial charge in [0.25, 0.3) is 5.56 Å². The predicted octanol–water partition coefficient (Wildman–Crippen LogP) is 2.48. The summed E-state index contributed by atoms with van der Waals surface area (Å²) in [5.74, 6) is -0.195. The molecule has 4 nitrogen and oxygen atoms in total. The Morgan fingerprint density at radius 1 is 1.29 bits per heavy atom. The lowest BCUT2D eigenvalue weighted by atomic mass is 9.81. The highest BCUT2D eigenvalue weighted by atomic mass is 16.2. The number of ketones is 1. The van der Waals surface area contributed by atoms with Gasteiger partial charge in [0.2, 0.25) is 0 Å². The summed E-state index contributed by atoms with van der Waals surface area (Å²) in [7, 11) is 1.61. The zero-order valence-electron chi connectivity index (χ0n) is 12.9. The van der Waals surface area contributed by atoms with E-state index in [0.717, 1.165) is 18.4 Å². The number of nitrogens with zero attached hydrogens (tertiary/aromatic N) is 1. The first-order valence-corrected chi connectivity index (χ1v) is 7.25. The number of hydrogen-bond acceptors (Lipinski definition) is 2. The Morgan fingerprint density at radius 3 is 2.62 bits per heavy atom. The minimum absolute atomic E-state index is 0.0960. The summed E-state index contributed by atoms with van der Waals surface area (Å²) in [5, 5.41) is 2.76. The fourth-order valence-electron chi connectivity index (χ4n) is 3.51. The third-order valence-corrected chi connectivity index (χ3v) is 4.67. The Bertz CT molecular complexity index is 794. The average Bonchev–Trinajstić information content (AvgIpc) is 2.91. The third-order valence-electron chi connectivity index (χ3n) is 4.67. The molecule has 1 aliphatic carbocycles. The Morgan fingerprint density at radius 2 is 2.00 bits per heavy atom. The van der Waals surface area contributed by atoms with Crippen LogP contribution in [-0.4, -0.2) is 15.6 Å². The van der Waals surface area contributed by atoms with Gasteiger partial charge < -0.3 is 5.10 Å². The Kier molecular flexibility index (Phi) is 2.94. The Hall–Kier alpha value is -2.10. The summed E-state index contributed by atoms with van der Waals surface area (Å²) < 4.78 is 1.32. The van der Waals surface area contributed by atoms with Crippen molar-refractivity contribution in [1.82, 2.24) is 9.78 Å². The minimum atomic E-state index is -0.279. The molecule has 4 heteroatoms. The van der Waals surface area contributed by atoms with E-state index < -0.39 is 0 Å². The molecule has 1 aliphatic rings.